The average Bonchev–Trinajstić information content (AvgIpc) is 2.55. The van der Waals surface area contributed by atoms with Crippen LogP contribution in [0.1, 0.15) is 5.56 Å². The molecule has 1 N–H and O–H groups in total. The first-order valence-corrected chi connectivity index (χ1v) is 8.91. The number of esters is 1. The molecule has 0 aliphatic carbocycles. The number of ether oxygens (including phenoxy) is 2. The summed E-state index contributed by atoms with van der Waals surface area (Å²) in [6, 6.07) is 12.8. The topological polar surface area (TPSA) is 64.6 Å². The molecule has 0 spiro atoms. The number of rotatable bonds is 6. The lowest BCUT2D eigenvalue weighted by molar-refractivity contribution is -0.149. The van der Waals surface area contributed by atoms with Gasteiger partial charge in [-0.2, -0.15) is 0 Å². The van der Waals surface area contributed by atoms with Crippen LogP contribution >= 0.6 is 38.5 Å². The molecule has 0 heterocycles. The fourth-order valence-corrected chi connectivity index (χ4v) is 2.72. The molecule has 0 saturated heterocycles. The molecule has 2 rings (SSSR count). The van der Waals surface area contributed by atoms with E-state index in [1.807, 2.05) is 31.2 Å². The highest BCUT2D eigenvalue weighted by Crippen LogP contribution is 2.23. The van der Waals surface area contributed by atoms with Crippen LogP contribution in [-0.4, -0.2) is 25.1 Å². The fraction of sp³-hybridized carbons (Fsp3) is 0.176. The van der Waals surface area contributed by atoms with Crippen LogP contribution in [0.15, 0.2) is 46.9 Å². The third-order valence-electron chi connectivity index (χ3n) is 2.93. The van der Waals surface area contributed by atoms with Crippen molar-refractivity contribution < 1.29 is 19.1 Å². The summed E-state index contributed by atoms with van der Waals surface area (Å²) >= 11 is 5.55. The Hall–Kier alpha value is -1.61. The summed E-state index contributed by atoms with van der Waals surface area (Å²) in [6.07, 6.45) is 0. The molecule has 0 fully saturated rings. The number of hydrogen-bond acceptors (Lipinski definition) is 4. The van der Waals surface area contributed by atoms with Gasteiger partial charge < -0.3 is 14.8 Å². The monoisotopic (exact) mass is 503 g/mol. The number of anilines is 1. The van der Waals surface area contributed by atoms with Crippen LogP contribution in [0, 0.1) is 10.5 Å². The van der Waals surface area contributed by atoms with E-state index < -0.39 is 11.9 Å². The molecule has 0 aliphatic rings. The van der Waals surface area contributed by atoms with Crippen molar-refractivity contribution in [3.63, 3.8) is 0 Å². The second kappa shape index (κ2) is 9.03. The van der Waals surface area contributed by atoms with E-state index in [4.69, 9.17) is 9.47 Å². The van der Waals surface area contributed by atoms with Crippen molar-refractivity contribution >= 4 is 56.1 Å². The Kier molecular flexibility index (Phi) is 7.04. The van der Waals surface area contributed by atoms with Crippen molar-refractivity contribution in [1.29, 1.82) is 0 Å². The van der Waals surface area contributed by atoms with Gasteiger partial charge in [0.2, 0.25) is 0 Å². The Balaban J connectivity index is 1.74. The molecule has 2 aromatic rings. The van der Waals surface area contributed by atoms with Gasteiger partial charge in [-0.15, -0.1) is 0 Å². The smallest absolute Gasteiger partial charge is 0.344 e. The maximum Gasteiger partial charge on any atom is 0.344 e. The number of amides is 1. The van der Waals surface area contributed by atoms with E-state index >= 15 is 0 Å². The zero-order valence-electron chi connectivity index (χ0n) is 12.8. The molecule has 0 aliphatic heterocycles. The summed E-state index contributed by atoms with van der Waals surface area (Å²) in [5, 5.41) is 2.67. The van der Waals surface area contributed by atoms with E-state index in [2.05, 4.69) is 43.8 Å². The van der Waals surface area contributed by atoms with E-state index in [0.717, 1.165) is 13.6 Å². The number of carbonyl (C=O) groups excluding carboxylic acids is 2. The molecule has 1 amide bonds. The van der Waals surface area contributed by atoms with E-state index in [9.17, 15) is 9.59 Å². The van der Waals surface area contributed by atoms with Crippen LogP contribution in [-0.2, 0) is 14.3 Å². The molecular weight excluding hydrogens is 489 g/mol. The number of hydrogen-bond donors (Lipinski definition) is 1. The van der Waals surface area contributed by atoms with Gasteiger partial charge in [0.15, 0.2) is 13.2 Å². The highest BCUT2D eigenvalue weighted by Gasteiger charge is 2.10. The Bertz CT molecular complexity index is 734. The van der Waals surface area contributed by atoms with E-state index in [-0.39, 0.29) is 13.2 Å². The number of benzene rings is 2. The molecule has 0 bridgehead atoms. The highest BCUT2D eigenvalue weighted by atomic mass is 127. The molecule has 0 radical (unpaired) electrons. The standard InChI is InChI=1S/C17H15BrINO4/c1-11-2-7-15(14(18)8-11)20-16(21)9-24-17(22)10-23-13-5-3-12(19)4-6-13/h2-8H,9-10H2,1H3,(H,20,21). The van der Waals surface area contributed by atoms with Crippen molar-refractivity contribution in [2.45, 2.75) is 6.92 Å². The Labute approximate surface area is 162 Å². The Morgan fingerprint density at radius 1 is 1.12 bits per heavy atom. The minimum atomic E-state index is -0.605. The molecule has 7 heteroatoms. The number of halogens is 2. The lowest BCUT2D eigenvalue weighted by Crippen LogP contribution is -2.23. The van der Waals surface area contributed by atoms with Crippen molar-refractivity contribution in [2.24, 2.45) is 0 Å². The molecule has 0 unspecified atom stereocenters. The predicted molar refractivity (Wildman–Crippen MR) is 103 cm³/mol. The second-order valence-electron chi connectivity index (χ2n) is 4.93. The summed E-state index contributed by atoms with van der Waals surface area (Å²) in [7, 11) is 0. The van der Waals surface area contributed by atoms with E-state index in [1.165, 1.54) is 0 Å². The third kappa shape index (κ3) is 6.12. The largest absolute Gasteiger partial charge is 0.482 e. The van der Waals surface area contributed by atoms with Crippen molar-refractivity contribution in [3.8, 4) is 5.75 Å². The minimum absolute atomic E-state index is 0.248. The van der Waals surface area contributed by atoms with Crippen LogP contribution in [0.25, 0.3) is 0 Å². The van der Waals surface area contributed by atoms with Crippen LogP contribution < -0.4 is 10.1 Å². The minimum Gasteiger partial charge on any atom is -0.482 e. The van der Waals surface area contributed by atoms with Gasteiger partial charge in [0, 0.05) is 8.04 Å². The summed E-state index contributed by atoms with van der Waals surface area (Å²) < 4.78 is 12.0. The maximum absolute atomic E-state index is 11.8. The van der Waals surface area contributed by atoms with Gasteiger partial charge >= 0.3 is 5.97 Å². The zero-order chi connectivity index (χ0) is 17.5. The van der Waals surface area contributed by atoms with Crippen LogP contribution in [0.4, 0.5) is 5.69 Å². The van der Waals surface area contributed by atoms with Gasteiger partial charge in [-0.3, -0.25) is 4.79 Å². The van der Waals surface area contributed by atoms with Crippen LogP contribution in [0.3, 0.4) is 0 Å². The molecule has 24 heavy (non-hydrogen) atoms. The van der Waals surface area contributed by atoms with Crippen molar-refractivity contribution in [2.75, 3.05) is 18.5 Å². The van der Waals surface area contributed by atoms with Gasteiger partial charge in [-0.05, 0) is 87.4 Å². The first-order chi connectivity index (χ1) is 11.4. The predicted octanol–water partition coefficient (Wildman–Crippen LogP) is 3.92. The third-order valence-corrected chi connectivity index (χ3v) is 4.31. The van der Waals surface area contributed by atoms with Gasteiger partial charge in [-0.1, -0.05) is 6.07 Å². The lowest BCUT2D eigenvalue weighted by atomic mass is 10.2. The Morgan fingerprint density at radius 3 is 2.50 bits per heavy atom. The van der Waals surface area contributed by atoms with Gasteiger partial charge in [-0.25, -0.2) is 4.79 Å². The number of carbonyl (C=O) groups is 2. The SMILES string of the molecule is Cc1ccc(NC(=O)COC(=O)COc2ccc(I)cc2)c(Br)c1. The lowest BCUT2D eigenvalue weighted by Gasteiger charge is -2.09. The second-order valence-corrected chi connectivity index (χ2v) is 7.03. The summed E-state index contributed by atoms with van der Waals surface area (Å²) in [5.41, 5.74) is 1.69. The average molecular weight is 504 g/mol. The quantitative estimate of drug-likeness (QED) is 0.479. The number of nitrogens with one attached hydrogen (secondary N) is 1. The van der Waals surface area contributed by atoms with Crippen LogP contribution in [0.5, 0.6) is 5.75 Å². The molecular formula is C17H15BrINO4. The normalized spacial score (nSPS) is 10.1. The van der Waals surface area contributed by atoms with Crippen molar-refractivity contribution in [1.82, 2.24) is 0 Å². The van der Waals surface area contributed by atoms with Gasteiger partial charge in [0.25, 0.3) is 5.91 Å². The van der Waals surface area contributed by atoms with E-state index in [1.54, 1.807) is 18.2 Å². The summed E-state index contributed by atoms with van der Waals surface area (Å²) in [4.78, 5) is 23.4. The van der Waals surface area contributed by atoms with Gasteiger partial charge in [0.1, 0.15) is 5.75 Å². The number of aryl methyl sites for hydroxylation is 1. The molecule has 0 saturated carbocycles. The first-order valence-electron chi connectivity index (χ1n) is 7.04. The molecule has 2 aromatic carbocycles. The van der Waals surface area contributed by atoms with Crippen LogP contribution in [0.2, 0.25) is 0 Å². The van der Waals surface area contributed by atoms with E-state index in [0.29, 0.717) is 11.4 Å². The fourth-order valence-electron chi connectivity index (χ4n) is 1.77. The maximum atomic E-state index is 11.8. The summed E-state index contributed by atoms with van der Waals surface area (Å²) in [5.74, 6) is -0.450. The molecule has 0 atom stereocenters. The van der Waals surface area contributed by atoms with Crippen molar-refractivity contribution in [3.05, 3.63) is 56.1 Å². The molecule has 5 nitrogen and oxygen atoms in total. The van der Waals surface area contributed by atoms with Gasteiger partial charge in [0.05, 0.1) is 5.69 Å². The summed E-state index contributed by atoms with van der Waals surface area (Å²) in [6.45, 7) is 1.34. The molecule has 0 aromatic heterocycles. The highest BCUT2D eigenvalue weighted by molar-refractivity contribution is 14.1. The zero-order valence-corrected chi connectivity index (χ0v) is 16.6. The first kappa shape index (κ1) is 18.7. The Morgan fingerprint density at radius 2 is 1.83 bits per heavy atom. The molecule has 126 valence electrons.